The Morgan fingerprint density at radius 3 is 2.52 bits per heavy atom. The van der Waals surface area contributed by atoms with Crippen LogP contribution in [0.1, 0.15) is 35.2 Å². The third-order valence-electron chi connectivity index (χ3n) is 3.55. The molecule has 2 aromatic carbocycles. The van der Waals surface area contributed by atoms with E-state index in [1.54, 1.807) is 18.2 Å². The number of rotatable bonds is 5. The molecule has 0 bridgehead atoms. The first kappa shape index (κ1) is 14.9. The fraction of sp³-hybridized carbons (Fsp3) is 0.235. The molecule has 0 aliphatic heterocycles. The summed E-state index contributed by atoms with van der Waals surface area (Å²) in [6.07, 6.45) is 0.880. The van der Waals surface area contributed by atoms with Crippen LogP contribution in [0.5, 0.6) is 0 Å². The van der Waals surface area contributed by atoms with Crippen molar-refractivity contribution in [1.82, 2.24) is 5.32 Å². The van der Waals surface area contributed by atoms with Crippen molar-refractivity contribution in [1.29, 1.82) is 0 Å². The van der Waals surface area contributed by atoms with Crippen LogP contribution in [0.15, 0.2) is 48.5 Å². The monoisotopic (exact) mass is 283 g/mol. The molecule has 0 aromatic heterocycles. The molecule has 0 aliphatic carbocycles. The van der Waals surface area contributed by atoms with Crippen molar-refractivity contribution in [3.63, 3.8) is 0 Å². The van der Waals surface area contributed by atoms with Crippen LogP contribution >= 0.6 is 0 Å². The van der Waals surface area contributed by atoms with Gasteiger partial charge < -0.3 is 16.8 Å². The molecule has 2 rings (SSSR count). The molecule has 0 heterocycles. The minimum Gasteiger partial charge on any atom is -0.399 e. The van der Waals surface area contributed by atoms with Crippen LogP contribution in [-0.4, -0.2) is 12.5 Å². The molecule has 4 heteroatoms. The summed E-state index contributed by atoms with van der Waals surface area (Å²) < 4.78 is 0. The van der Waals surface area contributed by atoms with Crippen LogP contribution in [-0.2, 0) is 0 Å². The Morgan fingerprint density at radius 1 is 1.14 bits per heavy atom. The second-order valence-corrected chi connectivity index (χ2v) is 5.20. The topological polar surface area (TPSA) is 81.1 Å². The number of hydrogen-bond acceptors (Lipinski definition) is 3. The third kappa shape index (κ3) is 3.99. The summed E-state index contributed by atoms with van der Waals surface area (Å²) in [5.41, 5.74) is 14.1. The van der Waals surface area contributed by atoms with E-state index in [9.17, 15) is 4.79 Å². The van der Waals surface area contributed by atoms with Crippen LogP contribution in [0.3, 0.4) is 0 Å². The van der Waals surface area contributed by atoms with Gasteiger partial charge in [0.15, 0.2) is 0 Å². The number of anilines is 2. The van der Waals surface area contributed by atoms with Gasteiger partial charge in [-0.1, -0.05) is 37.3 Å². The van der Waals surface area contributed by atoms with Gasteiger partial charge in [0, 0.05) is 17.9 Å². The zero-order valence-electron chi connectivity index (χ0n) is 12.2. The molecule has 1 unspecified atom stereocenters. The quantitative estimate of drug-likeness (QED) is 0.738. The smallest absolute Gasteiger partial charge is 0.253 e. The minimum atomic E-state index is -0.159. The standard InChI is InChI=1S/C17H21N3O/c1-12(13-5-3-2-4-6-13)9-10-20-17(21)15-8-7-14(18)11-16(15)19/h2-8,11-12H,9-10,18-19H2,1H3,(H,20,21). The van der Waals surface area contributed by atoms with E-state index in [0.29, 0.717) is 29.4 Å². The van der Waals surface area contributed by atoms with Gasteiger partial charge in [0.2, 0.25) is 0 Å². The van der Waals surface area contributed by atoms with Gasteiger partial charge in [-0.25, -0.2) is 0 Å². The van der Waals surface area contributed by atoms with Gasteiger partial charge in [-0.3, -0.25) is 4.79 Å². The maximum Gasteiger partial charge on any atom is 0.253 e. The van der Waals surface area contributed by atoms with Gasteiger partial charge in [0.1, 0.15) is 0 Å². The second-order valence-electron chi connectivity index (χ2n) is 5.20. The van der Waals surface area contributed by atoms with E-state index in [2.05, 4.69) is 24.4 Å². The number of carbonyl (C=O) groups is 1. The molecule has 1 amide bonds. The van der Waals surface area contributed by atoms with Crippen LogP contribution in [0.2, 0.25) is 0 Å². The number of nitrogens with two attached hydrogens (primary N) is 2. The van der Waals surface area contributed by atoms with Crippen LogP contribution < -0.4 is 16.8 Å². The fourth-order valence-corrected chi connectivity index (χ4v) is 2.23. The molecule has 110 valence electrons. The van der Waals surface area contributed by atoms with Gasteiger partial charge in [-0.15, -0.1) is 0 Å². The lowest BCUT2D eigenvalue weighted by Crippen LogP contribution is -2.26. The normalized spacial score (nSPS) is 11.9. The van der Waals surface area contributed by atoms with Gasteiger partial charge in [-0.2, -0.15) is 0 Å². The molecule has 0 saturated heterocycles. The lowest BCUT2D eigenvalue weighted by Gasteiger charge is -2.13. The highest BCUT2D eigenvalue weighted by Crippen LogP contribution is 2.18. The lowest BCUT2D eigenvalue weighted by molar-refractivity contribution is 0.0953. The van der Waals surface area contributed by atoms with E-state index in [0.717, 1.165) is 6.42 Å². The molecule has 2 aromatic rings. The molecular weight excluding hydrogens is 262 g/mol. The highest BCUT2D eigenvalue weighted by atomic mass is 16.1. The van der Waals surface area contributed by atoms with Crippen LogP contribution in [0, 0.1) is 0 Å². The molecule has 0 fully saturated rings. The Kier molecular flexibility index (Phi) is 4.82. The van der Waals surface area contributed by atoms with Crippen molar-refractivity contribution in [3.8, 4) is 0 Å². The first-order chi connectivity index (χ1) is 10.1. The number of hydrogen-bond donors (Lipinski definition) is 3. The van der Waals surface area contributed by atoms with E-state index in [4.69, 9.17) is 11.5 Å². The van der Waals surface area contributed by atoms with Crippen molar-refractivity contribution >= 4 is 17.3 Å². The summed E-state index contributed by atoms with van der Waals surface area (Å²) in [6, 6.07) is 15.2. The Labute approximate surface area is 125 Å². The lowest BCUT2D eigenvalue weighted by atomic mass is 9.98. The van der Waals surface area contributed by atoms with Crippen molar-refractivity contribution in [3.05, 3.63) is 59.7 Å². The van der Waals surface area contributed by atoms with Crippen molar-refractivity contribution < 1.29 is 4.79 Å². The van der Waals surface area contributed by atoms with Crippen molar-refractivity contribution in [2.75, 3.05) is 18.0 Å². The number of benzene rings is 2. The Hall–Kier alpha value is -2.49. The summed E-state index contributed by atoms with van der Waals surface area (Å²) in [5, 5.41) is 2.90. The summed E-state index contributed by atoms with van der Waals surface area (Å²) in [5.74, 6) is 0.239. The van der Waals surface area contributed by atoms with E-state index >= 15 is 0 Å². The minimum absolute atomic E-state index is 0.159. The number of carbonyl (C=O) groups excluding carboxylic acids is 1. The molecule has 0 aliphatic rings. The van der Waals surface area contributed by atoms with Gasteiger partial charge in [-0.05, 0) is 36.1 Å². The predicted octanol–water partition coefficient (Wildman–Crippen LogP) is 2.77. The van der Waals surface area contributed by atoms with Crippen LogP contribution in [0.25, 0.3) is 0 Å². The average molecular weight is 283 g/mol. The molecule has 1 atom stereocenters. The maximum absolute atomic E-state index is 12.1. The summed E-state index contributed by atoms with van der Waals surface area (Å²) in [7, 11) is 0. The zero-order chi connectivity index (χ0) is 15.2. The molecular formula is C17H21N3O. The number of nitrogen functional groups attached to an aromatic ring is 2. The first-order valence-electron chi connectivity index (χ1n) is 7.06. The molecule has 0 radical (unpaired) electrons. The predicted molar refractivity (Wildman–Crippen MR) is 87.1 cm³/mol. The van der Waals surface area contributed by atoms with E-state index < -0.39 is 0 Å². The molecule has 0 saturated carbocycles. The van der Waals surface area contributed by atoms with E-state index in [1.165, 1.54) is 5.56 Å². The van der Waals surface area contributed by atoms with Crippen molar-refractivity contribution in [2.24, 2.45) is 0 Å². The number of amides is 1. The zero-order valence-corrected chi connectivity index (χ0v) is 12.2. The maximum atomic E-state index is 12.1. The van der Waals surface area contributed by atoms with Gasteiger partial charge in [0.05, 0.1) is 5.56 Å². The Bertz CT molecular complexity index is 611. The van der Waals surface area contributed by atoms with E-state index in [-0.39, 0.29) is 5.91 Å². The highest BCUT2D eigenvalue weighted by Gasteiger charge is 2.10. The van der Waals surface area contributed by atoms with Crippen LogP contribution in [0.4, 0.5) is 11.4 Å². The summed E-state index contributed by atoms with van der Waals surface area (Å²) >= 11 is 0. The summed E-state index contributed by atoms with van der Waals surface area (Å²) in [6.45, 7) is 2.76. The largest absolute Gasteiger partial charge is 0.399 e. The molecule has 0 spiro atoms. The second kappa shape index (κ2) is 6.79. The fourth-order valence-electron chi connectivity index (χ4n) is 2.23. The van der Waals surface area contributed by atoms with Crippen molar-refractivity contribution in [2.45, 2.75) is 19.3 Å². The average Bonchev–Trinajstić information content (AvgIpc) is 2.47. The van der Waals surface area contributed by atoms with Gasteiger partial charge in [0.25, 0.3) is 5.91 Å². The Balaban J connectivity index is 1.87. The third-order valence-corrected chi connectivity index (χ3v) is 3.55. The molecule has 21 heavy (non-hydrogen) atoms. The first-order valence-corrected chi connectivity index (χ1v) is 7.06. The SMILES string of the molecule is CC(CCNC(=O)c1ccc(N)cc1N)c1ccccc1. The Morgan fingerprint density at radius 2 is 1.86 bits per heavy atom. The number of nitrogens with one attached hydrogen (secondary N) is 1. The molecule has 5 N–H and O–H groups in total. The molecule has 4 nitrogen and oxygen atoms in total. The van der Waals surface area contributed by atoms with E-state index in [1.807, 2.05) is 18.2 Å². The highest BCUT2D eigenvalue weighted by molar-refractivity contribution is 5.99. The van der Waals surface area contributed by atoms with Gasteiger partial charge >= 0.3 is 0 Å². The summed E-state index contributed by atoms with van der Waals surface area (Å²) in [4.78, 5) is 12.1.